The number of pyridine rings is 1. The molecule has 0 aliphatic carbocycles. The maximum Gasteiger partial charge on any atom is 0.277 e. The number of thioether (sulfide) groups is 1. The fourth-order valence-corrected chi connectivity index (χ4v) is 4.39. The molecule has 0 unspecified atom stereocenters. The molecule has 9 heteroatoms. The summed E-state index contributed by atoms with van der Waals surface area (Å²) in [6.45, 7) is 4.06. The van der Waals surface area contributed by atoms with Crippen LogP contribution in [0.3, 0.4) is 0 Å². The minimum Gasteiger partial charge on any atom is -0.411 e. The van der Waals surface area contributed by atoms with Gasteiger partial charge < -0.3 is 4.42 Å². The van der Waals surface area contributed by atoms with Crippen LogP contribution in [0.5, 0.6) is 0 Å². The second kappa shape index (κ2) is 9.17. The molecule has 0 saturated carbocycles. The first-order valence-electron chi connectivity index (χ1n) is 10.3. The summed E-state index contributed by atoms with van der Waals surface area (Å²) in [5.74, 6) is 1.88. The van der Waals surface area contributed by atoms with Crippen LogP contribution in [0.15, 0.2) is 82.7 Å². The van der Waals surface area contributed by atoms with Gasteiger partial charge in [0.1, 0.15) is 0 Å². The third kappa shape index (κ3) is 4.40. The van der Waals surface area contributed by atoms with E-state index in [1.807, 2.05) is 79.1 Å². The minimum absolute atomic E-state index is 0.143. The Labute approximate surface area is 199 Å². The standard InChI is InChI=1S/C24H19ClN6OS/c1-15-7-9-18(10-8-15)23-29-30-24(32-23)33-16(2)21-27-28-22(17-11-13-26-14-12-17)31(21)20-6-4-3-5-19(20)25/h3-14,16H,1-2H3/t16-/m1/s1. The average molecular weight is 475 g/mol. The SMILES string of the molecule is Cc1ccc(-c2nnc(S[C@H](C)c3nnc(-c4ccncc4)n3-c3ccccc3Cl)o2)cc1. The lowest BCUT2D eigenvalue weighted by molar-refractivity contribution is 0.464. The summed E-state index contributed by atoms with van der Waals surface area (Å²) in [5, 5.41) is 18.3. The number of hydrogen-bond donors (Lipinski definition) is 0. The van der Waals surface area contributed by atoms with Gasteiger partial charge in [-0.1, -0.05) is 53.2 Å². The lowest BCUT2D eigenvalue weighted by Gasteiger charge is -2.15. The van der Waals surface area contributed by atoms with E-state index < -0.39 is 0 Å². The average Bonchev–Trinajstić information content (AvgIpc) is 3.48. The van der Waals surface area contributed by atoms with Gasteiger partial charge in [0, 0.05) is 23.5 Å². The van der Waals surface area contributed by atoms with Gasteiger partial charge in [0.05, 0.1) is 16.0 Å². The van der Waals surface area contributed by atoms with E-state index in [9.17, 15) is 0 Å². The number of rotatable bonds is 6. The normalized spacial score (nSPS) is 12.1. The highest BCUT2D eigenvalue weighted by Crippen LogP contribution is 2.38. The van der Waals surface area contributed by atoms with E-state index in [1.54, 1.807) is 12.4 Å². The molecule has 7 nitrogen and oxygen atoms in total. The maximum atomic E-state index is 6.56. The third-order valence-electron chi connectivity index (χ3n) is 5.07. The van der Waals surface area contributed by atoms with E-state index in [2.05, 4.69) is 25.4 Å². The van der Waals surface area contributed by atoms with Crippen molar-refractivity contribution < 1.29 is 4.42 Å². The number of halogens is 1. The lowest BCUT2D eigenvalue weighted by atomic mass is 10.1. The first kappa shape index (κ1) is 21.4. The van der Waals surface area contributed by atoms with Crippen LogP contribution in [0.2, 0.25) is 5.02 Å². The van der Waals surface area contributed by atoms with Gasteiger partial charge in [-0.25, -0.2) is 0 Å². The Hall–Kier alpha value is -3.49. The smallest absolute Gasteiger partial charge is 0.277 e. The Kier molecular flexibility index (Phi) is 5.93. The summed E-state index contributed by atoms with van der Waals surface area (Å²) in [7, 11) is 0. The van der Waals surface area contributed by atoms with Crippen molar-refractivity contribution in [3.8, 4) is 28.5 Å². The molecule has 1 atom stereocenters. The van der Waals surface area contributed by atoms with Crippen LogP contribution in [0, 0.1) is 6.92 Å². The molecule has 0 radical (unpaired) electrons. The predicted octanol–water partition coefficient (Wildman–Crippen LogP) is 6.19. The fourth-order valence-electron chi connectivity index (χ4n) is 3.39. The van der Waals surface area contributed by atoms with Crippen molar-refractivity contribution in [2.75, 3.05) is 0 Å². The van der Waals surface area contributed by atoms with Crippen molar-refractivity contribution in [2.45, 2.75) is 24.3 Å². The monoisotopic (exact) mass is 474 g/mol. The molecule has 0 aliphatic heterocycles. The van der Waals surface area contributed by atoms with Gasteiger partial charge in [0.15, 0.2) is 11.6 Å². The van der Waals surface area contributed by atoms with Crippen LogP contribution >= 0.6 is 23.4 Å². The zero-order valence-electron chi connectivity index (χ0n) is 17.9. The van der Waals surface area contributed by atoms with Gasteiger partial charge >= 0.3 is 0 Å². The molecule has 5 rings (SSSR count). The molecule has 2 aromatic carbocycles. The summed E-state index contributed by atoms with van der Waals surface area (Å²) in [5.41, 5.74) is 3.74. The van der Waals surface area contributed by atoms with Gasteiger partial charge in [-0.05, 0) is 50.2 Å². The Bertz CT molecular complexity index is 1380. The lowest BCUT2D eigenvalue weighted by Crippen LogP contribution is -2.06. The highest BCUT2D eigenvalue weighted by molar-refractivity contribution is 7.99. The molecule has 3 heterocycles. The van der Waals surface area contributed by atoms with E-state index in [1.165, 1.54) is 17.3 Å². The third-order valence-corrected chi connectivity index (χ3v) is 6.32. The van der Waals surface area contributed by atoms with Gasteiger partial charge in [0.25, 0.3) is 5.22 Å². The molecule has 0 aliphatic rings. The Morgan fingerprint density at radius 1 is 0.879 bits per heavy atom. The number of nitrogens with zero attached hydrogens (tertiary/aromatic N) is 6. The van der Waals surface area contributed by atoms with E-state index in [-0.39, 0.29) is 5.25 Å². The Morgan fingerprint density at radius 2 is 1.64 bits per heavy atom. The van der Waals surface area contributed by atoms with Crippen LogP contribution in [-0.2, 0) is 0 Å². The molecule has 164 valence electrons. The molecular formula is C24H19ClN6OS. The Morgan fingerprint density at radius 3 is 2.39 bits per heavy atom. The van der Waals surface area contributed by atoms with Gasteiger partial charge in [0.2, 0.25) is 5.89 Å². The first-order chi connectivity index (χ1) is 16.1. The molecule has 0 saturated heterocycles. The van der Waals surface area contributed by atoms with Gasteiger partial charge in [-0.15, -0.1) is 20.4 Å². The quantitative estimate of drug-likeness (QED) is 0.271. The second-order valence-corrected chi connectivity index (χ2v) is 9.10. The van der Waals surface area contributed by atoms with Gasteiger partial charge in [-0.3, -0.25) is 9.55 Å². The highest BCUT2D eigenvalue weighted by Gasteiger charge is 2.24. The first-order valence-corrected chi connectivity index (χ1v) is 11.5. The van der Waals surface area contributed by atoms with Crippen molar-refractivity contribution in [1.29, 1.82) is 0 Å². The molecule has 0 N–H and O–H groups in total. The number of para-hydroxylation sites is 1. The zero-order valence-corrected chi connectivity index (χ0v) is 19.5. The summed E-state index contributed by atoms with van der Waals surface area (Å²) in [4.78, 5) is 4.11. The largest absolute Gasteiger partial charge is 0.411 e. The van der Waals surface area contributed by atoms with E-state index >= 15 is 0 Å². The van der Waals surface area contributed by atoms with E-state index in [4.69, 9.17) is 16.0 Å². The van der Waals surface area contributed by atoms with Crippen LogP contribution in [0.25, 0.3) is 28.5 Å². The molecule has 5 aromatic rings. The molecule has 33 heavy (non-hydrogen) atoms. The second-order valence-electron chi connectivity index (χ2n) is 7.40. The number of hydrogen-bond acceptors (Lipinski definition) is 7. The fraction of sp³-hybridized carbons (Fsp3) is 0.125. The molecule has 0 fully saturated rings. The topological polar surface area (TPSA) is 82.5 Å². The van der Waals surface area contributed by atoms with E-state index in [0.29, 0.717) is 22.0 Å². The zero-order chi connectivity index (χ0) is 22.8. The van der Waals surface area contributed by atoms with Crippen molar-refractivity contribution in [3.63, 3.8) is 0 Å². The van der Waals surface area contributed by atoms with Crippen LogP contribution in [0.4, 0.5) is 0 Å². The highest BCUT2D eigenvalue weighted by atomic mass is 35.5. The van der Waals surface area contributed by atoms with Crippen LogP contribution in [0.1, 0.15) is 23.6 Å². The number of aryl methyl sites for hydroxylation is 1. The molecule has 0 amide bonds. The summed E-state index contributed by atoms with van der Waals surface area (Å²) < 4.78 is 7.88. The van der Waals surface area contributed by atoms with Crippen LogP contribution in [-0.4, -0.2) is 29.9 Å². The molecular weight excluding hydrogens is 456 g/mol. The van der Waals surface area contributed by atoms with Crippen molar-refractivity contribution in [3.05, 3.63) is 89.5 Å². The molecule has 0 bridgehead atoms. The van der Waals surface area contributed by atoms with Crippen molar-refractivity contribution in [1.82, 2.24) is 29.9 Å². The molecule has 0 spiro atoms. The van der Waals surface area contributed by atoms with E-state index in [0.717, 1.165) is 22.6 Å². The summed E-state index contributed by atoms with van der Waals surface area (Å²) >= 11 is 7.98. The number of benzene rings is 2. The Balaban J connectivity index is 1.50. The predicted molar refractivity (Wildman–Crippen MR) is 128 cm³/mol. The van der Waals surface area contributed by atoms with Gasteiger partial charge in [-0.2, -0.15) is 0 Å². The molecule has 3 aromatic heterocycles. The van der Waals surface area contributed by atoms with Crippen molar-refractivity contribution >= 4 is 23.4 Å². The maximum absolute atomic E-state index is 6.56. The summed E-state index contributed by atoms with van der Waals surface area (Å²) in [6.07, 6.45) is 3.45. The summed E-state index contributed by atoms with van der Waals surface area (Å²) in [6, 6.07) is 19.4. The van der Waals surface area contributed by atoms with Crippen LogP contribution < -0.4 is 0 Å². The number of aromatic nitrogens is 6. The van der Waals surface area contributed by atoms with Crippen molar-refractivity contribution in [2.24, 2.45) is 0 Å². The minimum atomic E-state index is -0.143.